The van der Waals surface area contributed by atoms with Gasteiger partial charge < -0.3 is 10.2 Å². The van der Waals surface area contributed by atoms with Crippen LogP contribution in [0.4, 0.5) is 0 Å². The maximum atomic E-state index is 11.6. The molecule has 0 aromatic heterocycles. The van der Waals surface area contributed by atoms with E-state index in [4.69, 9.17) is 0 Å². The number of piperidine rings is 1. The molecule has 0 bridgehead atoms. The third-order valence-electron chi connectivity index (χ3n) is 3.80. The molecular weight excluding hydrogens is 236 g/mol. The third kappa shape index (κ3) is 4.94. The highest BCUT2D eigenvalue weighted by atomic mass is 32.2. The third-order valence-corrected chi connectivity index (χ3v) is 5.63. The van der Waals surface area contributed by atoms with Crippen LogP contribution >= 0.6 is 0 Å². The normalized spacial score (nSPS) is 21.6. The van der Waals surface area contributed by atoms with Gasteiger partial charge in [-0.2, -0.15) is 0 Å². The molecular formula is C12H26N2O2S. The Morgan fingerprint density at radius 3 is 2.29 bits per heavy atom. The zero-order chi connectivity index (χ0) is 12.9. The van der Waals surface area contributed by atoms with Crippen molar-refractivity contribution in [3.8, 4) is 0 Å². The molecule has 17 heavy (non-hydrogen) atoms. The van der Waals surface area contributed by atoms with Crippen molar-refractivity contribution in [2.75, 3.05) is 38.2 Å². The van der Waals surface area contributed by atoms with Crippen molar-refractivity contribution in [3.63, 3.8) is 0 Å². The average molecular weight is 262 g/mol. The number of rotatable bonds is 6. The monoisotopic (exact) mass is 262 g/mol. The van der Waals surface area contributed by atoms with Crippen LogP contribution in [0.25, 0.3) is 0 Å². The Morgan fingerprint density at radius 1 is 1.24 bits per heavy atom. The van der Waals surface area contributed by atoms with Gasteiger partial charge in [0.05, 0.1) is 5.75 Å². The summed E-state index contributed by atoms with van der Waals surface area (Å²) in [7, 11) is -0.821. The van der Waals surface area contributed by atoms with Crippen molar-refractivity contribution in [1.29, 1.82) is 0 Å². The molecule has 1 saturated heterocycles. The van der Waals surface area contributed by atoms with Gasteiger partial charge in [0, 0.05) is 17.8 Å². The Labute approximate surface area is 106 Å². The second-order valence-corrected chi connectivity index (χ2v) is 7.61. The van der Waals surface area contributed by atoms with Crippen LogP contribution in [0.3, 0.4) is 0 Å². The van der Waals surface area contributed by atoms with Crippen molar-refractivity contribution in [1.82, 2.24) is 10.2 Å². The highest BCUT2D eigenvalue weighted by Crippen LogP contribution is 2.20. The Kier molecular flexibility index (Phi) is 5.41. The summed E-state index contributed by atoms with van der Waals surface area (Å²) < 4.78 is 23.2. The minimum Gasteiger partial charge on any atom is -0.314 e. The molecule has 1 fully saturated rings. The Hall–Kier alpha value is -0.130. The van der Waals surface area contributed by atoms with Crippen LogP contribution in [0.2, 0.25) is 0 Å². The van der Waals surface area contributed by atoms with Gasteiger partial charge in [0.15, 0.2) is 9.84 Å². The Morgan fingerprint density at radius 2 is 1.82 bits per heavy atom. The quantitative estimate of drug-likeness (QED) is 0.772. The summed E-state index contributed by atoms with van der Waals surface area (Å²) in [6.45, 7) is 6.84. The molecule has 0 spiro atoms. The summed E-state index contributed by atoms with van der Waals surface area (Å²) in [6, 6.07) is 0. The van der Waals surface area contributed by atoms with E-state index in [0.717, 1.165) is 32.4 Å². The molecule has 0 aliphatic carbocycles. The second kappa shape index (κ2) is 6.16. The lowest BCUT2D eigenvalue weighted by Crippen LogP contribution is -2.50. The fourth-order valence-corrected chi connectivity index (χ4v) is 3.56. The molecule has 0 unspecified atom stereocenters. The summed E-state index contributed by atoms with van der Waals surface area (Å²) in [5.74, 6) is 0.645. The van der Waals surface area contributed by atoms with Gasteiger partial charge >= 0.3 is 0 Å². The molecule has 0 radical (unpaired) electrons. The zero-order valence-corrected chi connectivity index (χ0v) is 12.1. The van der Waals surface area contributed by atoms with Crippen molar-refractivity contribution >= 4 is 9.84 Å². The topological polar surface area (TPSA) is 49.4 Å². The van der Waals surface area contributed by atoms with Crippen molar-refractivity contribution in [3.05, 3.63) is 0 Å². The van der Waals surface area contributed by atoms with Gasteiger partial charge in [0.1, 0.15) is 0 Å². The molecule has 4 nitrogen and oxygen atoms in total. The molecule has 0 aromatic rings. The summed E-state index contributed by atoms with van der Waals surface area (Å²) in [4.78, 5) is 2.27. The number of hydrogen-bond acceptors (Lipinski definition) is 4. The molecule has 0 saturated carbocycles. The van der Waals surface area contributed by atoms with Crippen LogP contribution in [0.5, 0.6) is 0 Å². The second-order valence-electron chi connectivity index (χ2n) is 5.30. The maximum absolute atomic E-state index is 11.6. The van der Waals surface area contributed by atoms with E-state index in [1.807, 2.05) is 14.0 Å². The fraction of sp³-hybridized carbons (Fsp3) is 1.00. The average Bonchev–Trinajstić information content (AvgIpc) is 2.28. The number of nitrogens with one attached hydrogen (secondary N) is 1. The van der Waals surface area contributed by atoms with E-state index < -0.39 is 9.84 Å². The van der Waals surface area contributed by atoms with E-state index in [0.29, 0.717) is 18.1 Å². The van der Waals surface area contributed by atoms with Gasteiger partial charge in [-0.25, -0.2) is 8.42 Å². The minimum atomic E-state index is -2.82. The lowest BCUT2D eigenvalue weighted by Gasteiger charge is -2.39. The standard InChI is InChI=1S/C12H26N2O2S/c1-4-10-17(15,16)11-9-14-7-5-12(2,13-3)6-8-14/h13H,4-11H2,1-3H3. The molecule has 1 aliphatic rings. The first-order valence-corrected chi connectivity index (χ1v) is 8.34. The largest absolute Gasteiger partial charge is 0.314 e. The Bertz CT molecular complexity index is 319. The minimum absolute atomic E-state index is 0.235. The van der Waals surface area contributed by atoms with E-state index in [2.05, 4.69) is 17.1 Å². The van der Waals surface area contributed by atoms with Crippen molar-refractivity contribution < 1.29 is 8.42 Å². The highest BCUT2D eigenvalue weighted by molar-refractivity contribution is 7.91. The van der Waals surface area contributed by atoms with Crippen LogP contribution in [-0.2, 0) is 9.84 Å². The van der Waals surface area contributed by atoms with Gasteiger partial charge in [-0.15, -0.1) is 0 Å². The van der Waals surface area contributed by atoms with Gasteiger partial charge in [-0.3, -0.25) is 0 Å². The molecule has 1 N–H and O–H groups in total. The maximum Gasteiger partial charge on any atom is 0.151 e. The van der Waals surface area contributed by atoms with Gasteiger partial charge in [0.25, 0.3) is 0 Å². The van der Waals surface area contributed by atoms with Gasteiger partial charge in [-0.1, -0.05) is 6.92 Å². The SMILES string of the molecule is CCCS(=O)(=O)CCN1CCC(C)(NC)CC1. The molecule has 1 aliphatic heterocycles. The van der Waals surface area contributed by atoms with Crippen molar-refractivity contribution in [2.24, 2.45) is 0 Å². The lowest BCUT2D eigenvalue weighted by atomic mass is 9.90. The first kappa shape index (κ1) is 14.9. The Balaban J connectivity index is 2.32. The first-order valence-electron chi connectivity index (χ1n) is 6.52. The smallest absolute Gasteiger partial charge is 0.151 e. The van der Waals surface area contributed by atoms with Crippen LogP contribution in [0.1, 0.15) is 33.1 Å². The van der Waals surface area contributed by atoms with Gasteiger partial charge in [-0.05, 0) is 46.3 Å². The van der Waals surface area contributed by atoms with Crippen LogP contribution in [-0.4, -0.2) is 57.0 Å². The van der Waals surface area contributed by atoms with E-state index in [9.17, 15) is 8.42 Å². The number of nitrogens with zero attached hydrogens (tertiary/aromatic N) is 1. The predicted octanol–water partition coefficient (Wildman–Crippen LogP) is 0.885. The first-order chi connectivity index (χ1) is 7.91. The predicted molar refractivity (Wildman–Crippen MR) is 72.1 cm³/mol. The van der Waals surface area contributed by atoms with E-state index >= 15 is 0 Å². The molecule has 0 amide bonds. The lowest BCUT2D eigenvalue weighted by molar-refractivity contribution is 0.159. The van der Waals surface area contributed by atoms with Crippen LogP contribution in [0, 0.1) is 0 Å². The molecule has 0 aromatic carbocycles. The fourth-order valence-electron chi connectivity index (χ4n) is 2.20. The molecule has 1 heterocycles. The molecule has 0 atom stereocenters. The summed E-state index contributed by atoms with van der Waals surface area (Å²) in [5.41, 5.74) is 0.235. The number of hydrogen-bond donors (Lipinski definition) is 1. The van der Waals surface area contributed by atoms with Crippen molar-refractivity contribution in [2.45, 2.75) is 38.6 Å². The zero-order valence-electron chi connectivity index (χ0n) is 11.3. The molecule has 1 rings (SSSR count). The van der Waals surface area contributed by atoms with E-state index in [-0.39, 0.29) is 5.54 Å². The number of likely N-dealkylation sites (tertiary alicyclic amines) is 1. The molecule has 102 valence electrons. The summed E-state index contributed by atoms with van der Waals surface area (Å²) in [5, 5.41) is 3.35. The van der Waals surface area contributed by atoms with Gasteiger partial charge in [0.2, 0.25) is 0 Å². The molecule has 5 heteroatoms. The summed E-state index contributed by atoms with van der Waals surface area (Å²) >= 11 is 0. The van der Waals surface area contributed by atoms with Crippen LogP contribution < -0.4 is 5.32 Å². The number of sulfone groups is 1. The van der Waals surface area contributed by atoms with E-state index in [1.54, 1.807) is 0 Å². The van der Waals surface area contributed by atoms with E-state index in [1.165, 1.54) is 0 Å². The van der Waals surface area contributed by atoms with Crippen LogP contribution in [0.15, 0.2) is 0 Å². The highest BCUT2D eigenvalue weighted by Gasteiger charge is 2.28. The summed E-state index contributed by atoms with van der Waals surface area (Å²) in [6.07, 6.45) is 2.91.